The Morgan fingerprint density at radius 2 is 2.44 bits per heavy atom. The number of nitrogens with zero attached hydrogens (tertiary/aromatic N) is 2. The normalized spacial score (nSPS) is 22.7. The fourth-order valence-corrected chi connectivity index (χ4v) is 0.760. The second-order valence-electron chi connectivity index (χ2n) is 2.78. The maximum atomic E-state index is 10.3. The average Bonchev–Trinajstić information content (AvgIpc) is 2.08. The Morgan fingerprint density at radius 3 is 2.67 bits per heavy atom. The van der Waals surface area contributed by atoms with E-state index in [1.807, 2.05) is 13.8 Å². The molecule has 1 aliphatic rings. The van der Waals surface area contributed by atoms with Crippen molar-refractivity contribution < 1.29 is 4.79 Å². The Hall–Kier alpha value is -0.860. The van der Waals surface area contributed by atoms with E-state index in [-0.39, 0.29) is 5.54 Å². The van der Waals surface area contributed by atoms with E-state index in [1.54, 1.807) is 11.2 Å². The van der Waals surface area contributed by atoms with Gasteiger partial charge < -0.3 is 0 Å². The molecule has 1 rings (SSSR count). The fourth-order valence-electron chi connectivity index (χ4n) is 0.760. The van der Waals surface area contributed by atoms with Crippen LogP contribution in [0.15, 0.2) is 4.99 Å². The highest BCUT2D eigenvalue weighted by Gasteiger charge is 2.27. The first kappa shape index (κ1) is 6.26. The minimum Gasteiger partial charge on any atom is -0.298 e. The standard InChI is InChI=1S/C6H10N2O/c1-6(2)3-7-4-8(6)5-9/h4-5H,3H2,1-2H3. The molecular weight excluding hydrogens is 116 g/mol. The highest BCUT2D eigenvalue weighted by Crippen LogP contribution is 2.15. The first-order chi connectivity index (χ1) is 4.17. The largest absolute Gasteiger partial charge is 0.298 e. The van der Waals surface area contributed by atoms with Crippen molar-refractivity contribution in [2.24, 2.45) is 4.99 Å². The first-order valence-electron chi connectivity index (χ1n) is 2.90. The van der Waals surface area contributed by atoms with Crippen LogP contribution in [0.1, 0.15) is 13.8 Å². The lowest BCUT2D eigenvalue weighted by molar-refractivity contribution is -0.117. The predicted molar refractivity (Wildman–Crippen MR) is 35.3 cm³/mol. The Balaban J connectivity index is 2.71. The number of amides is 1. The molecular formula is C6H10N2O. The minimum atomic E-state index is -0.0955. The molecule has 0 saturated heterocycles. The van der Waals surface area contributed by atoms with Crippen LogP contribution in [0.25, 0.3) is 0 Å². The van der Waals surface area contributed by atoms with Crippen LogP contribution in [0.2, 0.25) is 0 Å². The van der Waals surface area contributed by atoms with Gasteiger partial charge in [0, 0.05) is 0 Å². The number of carbonyl (C=O) groups is 1. The third-order valence-electron chi connectivity index (χ3n) is 1.50. The third-order valence-corrected chi connectivity index (χ3v) is 1.50. The lowest BCUT2D eigenvalue weighted by Crippen LogP contribution is -2.39. The summed E-state index contributed by atoms with van der Waals surface area (Å²) in [6.07, 6.45) is 2.38. The van der Waals surface area contributed by atoms with Crippen molar-refractivity contribution in [3.63, 3.8) is 0 Å². The lowest BCUT2D eigenvalue weighted by Gasteiger charge is -2.24. The predicted octanol–water partition coefficient (Wildman–Crippen LogP) is 0.265. The van der Waals surface area contributed by atoms with Gasteiger partial charge in [0.05, 0.1) is 18.4 Å². The van der Waals surface area contributed by atoms with Crippen LogP contribution in [-0.4, -0.2) is 29.7 Å². The number of hydrogen-bond donors (Lipinski definition) is 0. The molecule has 1 heterocycles. The zero-order chi connectivity index (χ0) is 6.91. The van der Waals surface area contributed by atoms with Crippen molar-refractivity contribution in [1.29, 1.82) is 0 Å². The average molecular weight is 126 g/mol. The zero-order valence-corrected chi connectivity index (χ0v) is 5.66. The molecule has 0 spiro atoms. The molecule has 0 bridgehead atoms. The van der Waals surface area contributed by atoms with Gasteiger partial charge in [-0.3, -0.25) is 14.7 Å². The molecule has 0 fully saturated rings. The molecule has 0 unspecified atom stereocenters. The summed E-state index contributed by atoms with van der Waals surface area (Å²) in [5.74, 6) is 0. The van der Waals surface area contributed by atoms with Crippen molar-refractivity contribution in [1.82, 2.24) is 4.90 Å². The topological polar surface area (TPSA) is 32.7 Å². The van der Waals surface area contributed by atoms with Gasteiger partial charge in [0.2, 0.25) is 6.41 Å². The number of carbonyl (C=O) groups excluding carboxylic acids is 1. The van der Waals surface area contributed by atoms with E-state index in [4.69, 9.17) is 0 Å². The van der Waals surface area contributed by atoms with Gasteiger partial charge in [-0.15, -0.1) is 0 Å². The Bertz CT molecular complexity index is 151. The van der Waals surface area contributed by atoms with Crippen molar-refractivity contribution >= 4 is 12.7 Å². The Kier molecular flexibility index (Phi) is 1.27. The molecule has 0 radical (unpaired) electrons. The summed E-state index contributed by atoms with van der Waals surface area (Å²) in [4.78, 5) is 15.8. The van der Waals surface area contributed by atoms with Crippen molar-refractivity contribution in [2.75, 3.05) is 6.54 Å². The second kappa shape index (κ2) is 1.83. The quantitative estimate of drug-likeness (QED) is 0.464. The lowest BCUT2D eigenvalue weighted by atomic mass is 10.1. The molecule has 50 valence electrons. The summed E-state index contributed by atoms with van der Waals surface area (Å²) < 4.78 is 0. The summed E-state index contributed by atoms with van der Waals surface area (Å²) in [6.45, 7) is 4.68. The highest BCUT2D eigenvalue weighted by atomic mass is 16.1. The molecule has 1 amide bonds. The monoisotopic (exact) mass is 126 g/mol. The van der Waals surface area contributed by atoms with Gasteiger partial charge in [0.25, 0.3) is 0 Å². The maximum Gasteiger partial charge on any atom is 0.215 e. The van der Waals surface area contributed by atoms with E-state index in [1.165, 1.54) is 0 Å². The number of hydrogen-bond acceptors (Lipinski definition) is 2. The third kappa shape index (κ3) is 0.943. The maximum absolute atomic E-state index is 10.3. The molecule has 3 heteroatoms. The van der Waals surface area contributed by atoms with Gasteiger partial charge >= 0.3 is 0 Å². The van der Waals surface area contributed by atoms with Crippen LogP contribution in [0, 0.1) is 0 Å². The molecule has 0 aromatic heterocycles. The van der Waals surface area contributed by atoms with Crippen LogP contribution in [0.3, 0.4) is 0 Å². The van der Waals surface area contributed by atoms with E-state index in [0.29, 0.717) is 6.54 Å². The van der Waals surface area contributed by atoms with Gasteiger partial charge in [-0.05, 0) is 13.8 Å². The molecule has 0 aliphatic carbocycles. The SMILES string of the molecule is CC1(C)CN=CN1C=O. The molecule has 1 aliphatic heterocycles. The van der Waals surface area contributed by atoms with E-state index in [0.717, 1.165) is 6.41 Å². The van der Waals surface area contributed by atoms with Crippen LogP contribution < -0.4 is 0 Å². The van der Waals surface area contributed by atoms with Gasteiger partial charge in [-0.25, -0.2) is 0 Å². The highest BCUT2D eigenvalue weighted by molar-refractivity contribution is 5.75. The molecule has 0 aromatic rings. The van der Waals surface area contributed by atoms with E-state index >= 15 is 0 Å². The van der Waals surface area contributed by atoms with Gasteiger partial charge in [0.15, 0.2) is 0 Å². The van der Waals surface area contributed by atoms with Crippen molar-refractivity contribution in [3.8, 4) is 0 Å². The molecule has 0 aromatic carbocycles. The molecule has 9 heavy (non-hydrogen) atoms. The first-order valence-corrected chi connectivity index (χ1v) is 2.90. The van der Waals surface area contributed by atoms with E-state index < -0.39 is 0 Å². The summed E-state index contributed by atoms with van der Waals surface area (Å²) in [7, 11) is 0. The fraction of sp³-hybridized carbons (Fsp3) is 0.667. The summed E-state index contributed by atoms with van der Waals surface area (Å²) in [6, 6.07) is 0. The Morgan fingerprint density at radius 1 is 1.78 bits per heavy atom. The zero-order valence-electron chi connectivity index (χ0n) is 5.66. The van der Waals surface area contributed by atoms with Crippen molar-refractivity contribution in [2.45, 2.75) is 19.4 Å². The molecule has 0 N–H and O–H groups in total. The number of rotatable bonds is 1. The van der Waals surface area contributed by atoms with E-state index in [9.17, 15) is 4.79 Å². The summed E-state index contributed by atoms with van der Waals surface area (Å²) >= 11 is 0. The summed E-state index contributed by atoms with van der Waals surface area (Å²) in [5, 5.41) is 0. The second-order valence-corrected chi connectivity index (χ2v) is 2.78. The van der Waals surface area contributed by atoms with Crippen LogP contribution in [-0.2, 0) is 4.79 Å². The summed E-state index contributed by atoms with van der Waals surface area (Å²) in [5.41, 5.74) is -0.0955. The van der Waals surface area contributed by atoms with Gasteiger partial charge in [-0.2, -0.15) is 0 Å². The van der Waals surface area contributed by atoms with Gasteiger partial charge in [0.1, 0.15) is 0 Å². The minimum absolute atomic E-state index is 0.0955. The van der Waals surface area contributed by atoms with E-state index in [2.05, 4.69) is 4.99 Å². The van der Waals surface area contributed by atoms with Crippen LogP contribution >= 0.6 is 0 Å². The Labute approximate surface area is 54.4 Å². The van der Waals surface area contributed by atoms with Crippen LogP contribution in [0.4, 0.5) is 0 Å². The molecule has 0 saturated carbocycles. The molecule has 3 nitrogen and oxygen atoms in total. The molecule has 0 atom stereocenters. The smallest absolute Gasteiger partial charge is 0.215 e. The number of aliphatic imine (C=N–C) groups is 1. The van der Waals surface area contributed by atoms with Crippen LogP contribution in [0.5, 0.6) is 0 Å². The van der Waals surface area contributed by atoms with Gasteiger partial charge in [-0.1, -0.05) is 0 Å². The van der Waals surface area contributed by atoms with Crippen molar-refractivity contribution in [3.05, 3.63) is 0 Å².